The number of carbonyl (C=O) groups is 4. The van der Waals surface area contributed by atoms with Crippen molar-refractivity contribution in [3.8, 4) is 6.01 Å². The van der Waals surface area contributed by atoms with Crippen LogP contribution in [0.2, 0.25) is 5.02 Å². The molecule has 0 saturated heterocycles. The molecule has 1 fully saturated rings. The Bertz CT molecular complexity index is 2050. The van der Waals surface area contributed by atoms with Gasteiger partial charge in [0.25, 0.3) is 5.91 Å². The molecule has 18 heteroatoms. The van der Waals surface area contributed by atoms with Crippen LogP contribution < -0.4 is 31.3 Å². The van der Waals surface area contributed by atoms with Gasteiger partial charge in [-0.3, -0.25) is 14.4 Å². The lowest BCUT2D eigenvalue weighted by molar-refractivity contribution is -0.154. The molecule has 1 saturated carbocycles. The fourth-order valence-corrected chi connectivity index (χ4v) is 6.30. The molecule has 2 aliphatic rings. The highest BCUT2D eigenvalue weighted by molar-refractivity contribution is 6.35. The fraction of sp³-hybridized carbons (Fsp3) is 0.324. The number of hydrogen-bond acceptors (Lipinski definition) is 10. The Morgan fingerprint density at radius 1 is 0.909 bits per heavy atom. The van der Waals surface area contributed by atoms with Gasteiger partial charge in [0.15, 0.2) is 6.61 Å². The SMILES string of the molecule is O=C(NCC[C@H](NC(=O)c1ccc(Nc2nc(NC3(c4ccc(Cl)cc4)CC3)nc(OCC(F)(F)F)n2)cc1)C(=O)O)C(=O)NCC1CCc2ccccc21. The molecule has 0 aliphatic heterocycles. The molecule has 0 bridgehead atoms. The van der Waals surface area contributed by atoms with Crippen LogP contribution in [0.4, 0.5) is 30.8 Å². The van der Waals surface area contributed by atoms with Crippen LogP contribution in [0.15, 0.2) is 72.8 Å². The van der Waals surface area contributed by atoms with Gasteiger partial charge in [0.2, 0.25) is 11.9 Å². The molecule has 1 heterocycles. The van der Waals surface area contributed by atoms with Gasteiger partial charge < -0.3 is 36.4 Å². The molecule has 55 heavy (non-hydrogen) atoms. The minimum atomic E-state index is -4.64. The first-order valence-electron chi connectivity index (χ1n) is 17.3. The second-order valence-electron chi connectivity index (χ2n) is 13.1. The zero-order valence-corrected chi connectivity index (χ0v) is 29.8. The van der Waals surface area contributed by atoms with Crippen molar-refractivity contribution in [3.63, 3.8) is 0 Å². The third-order valence-corrected chi connectivity index (χ3v) is 9.43. The molecule has 0 radical (unpaired) electrons. The van der Waals surface area contributed by atoms with Crippen LogP contribution in [0.25, 0.3) is 0 Å². The van der Waals surface area contributed by atoms with E-state index in [1.807, 2.05) is 36.4 Å². The van der Waals surface area contributed by atoms with Crippen molar-refractivity contribution in [1.82, 2.24) is 30.9 Å². The van der Waals surface area contributed by atoms with Crippen molar-refractivity contribution in [2.24, 2.45) is 0 Å². The van der Waals surface area contributed by atoms with Crippen molar-refractivity contribution in [3.05, 3.63) is 100 Å². The van der Waals surface area contributed by atoms with Crippen molar-refractivity contribution < 1.29 is 42.2 Å². The Balaban J connectivity index is 1.02. The summed E-state index contributed by atoms with van der Waals surface area (Å²) in [6, 6.07) is 18.7. The smallest absolute Gasteiger partial charge is 0.422 e. The van der Waals surface area contributed by atoms with Crippen LogP contribution in [0.3, 0.4) is 0 Å². The third-order valence-electron chi connectivity index (χ3n) is 9.18. The number of rotatable bonds is 15. The van der Waals surface area contributed by atoms with E-state index in [0.717, 1.165) is 24.0 Å². The number of ether oxygens (including phenoxy) is 1. The number of anilines is 3. The Kier molecular flexibility index (Phi) is 11.7. The Morgan fingerprint density at radius 3 is 2.29 bits per heavy atom. The molecule has 1 aromatic heterocycles. The van der Waals surface area contributed by atoms with E-state index in [1.165, 1.54) is 29.8 Å². The monoisotopic (exact) mass is 780 g/mol. The molecule has 6 rings (SSSR count). The average Bonchev–Trinajstić information content (AvgIpc) is 3.81. The molecule has 6 N–H and O–H groups in total. The predicted molar refractivity (Wildman–Crippen MR) is 194 cm³/mol. The van der Waals surface area contributed by atoms with Gasteiger partial charge in [-0.25, -0.2) is 4.79 Å². The summed E-state index contributed by atoms with van der Waals surface area (Å²) in [6.45, 7) is -1.53. The van der Waals surface area contributed by atoms with E-state index in [9.17, 15) is 37.5 Å². The van der Waals surface area contributed by atoms with Crippen LogP contribution in [0.1, 0.15) is 58.6 Å². The quantitative estimate of drug-likeness (QED) is 0.0903. The number of fused-ring (bicyclic) bond motifs is 1. The number of nitrogens with zero attached hydrogens (tertiary/aromatic N) is 3. The summed E-state index contributed by atoms with van der Waals surface area (Å²) < 4.78 is 43.6. The molecule has 288 valence electrons. The van der Waals surface area contributed by atoms with Crippen molar-refractivity contribution >= 4 is 52.9 Å². The van der Waals surface area contributed by atoms with Crippen molar-refractivity contribution in [1.29, 1.82) is 0 Å². The zero-order chi connectivity index (χ0) is 39.2. The largest absolute Gasteiger partial charge is 0.480 e. The van der Waals surface area contributed by atoms with E-state index in [4.69, 9.17) is 16.3 Å². The highest BCUT2D eigenvalue weighted by atomic mass is 35.5. The average molecular weight is 781 g/mol. The predicted octanol–water partition coefficient (Wildman–Crippen LogP) is 4.85. The van der Waals surface area contributed by atoms with E-state index in [2.05, 4.69) is 41.5 Å². The first-order chi connectivity index (χ1) is 26.3. The summed E-state index contributed by atoms with van der Waals surface area (Å²) >= 11 is 6.02. The van der Waals surface area contributed by atoms with E-state index < -0.39 is 54.1 Å². The van der Waals surface area contributed by atoms with Gasteiger partial charge in [0.1, 0.15) is 6.04 Å². The lowest BCUT2D eigenvalue weighted by atomic mass is 10.0. The van der Waals surface area contributed by atoms with E-state index >= 15 is 0 Å². The maximum absolute atomic E-state index is 12.9. The van der Waals surface area contributed by atoms with Crippen LogP contribution in [-0.2, 0) is 26.3 Å². The minimum absolute atomic E-state index is 0.0371. The van der Waals surface area contributed by atoms with Crippen LogP contribution >= 0.6 is 11.6 Å². The molecule has 2 atom stereocenters. The number of carbonyl (C=O) groups excluding carboxylic acids is 3. The summed E-state index contributed by atoms with van der Waals surface area (Å²) in [5.74, 6) is -3.92. The van der Waals surface area contributed by atoms with Gasteiger partial charge in [0, 0.05) is 35.3 Å². The highest BCUT2D eigenvalue weighted by Gasteiger charge is 2.45. The van der Waals surface area contributed by atoms with Gasteiger partial charge >= 0.3 is 30.0 Å². The van der Waals surface area contributed by atoms with Gasteiger partial charge in [-0.2, -0.15) is 28.1 Å². The number of carboxylic acid groups (broad SMARTS) is 1. The second kappa shape index (κ2) is 16.6. The summed E-state index contributed by atoms with van der Waals surface area (Å²) in [6.07, 6.45) is -1.68. The Morgan fingerprint density at radius 2 is 1.60 bits per heavy atom. The fourth-order valence-electron chi connectivity index (χ4n) is 6.17. The van der Waals surface area contributed by atoms with Crippen molar-refractivity contribution in [2.45, 2.75) is 55.8 Å². The lowest BCUT2D eigenvalue weighted by Crippen LogP contribution is -2.45. The van der Waals surface area contributed by atoms with Gasteiger partial charge in [-0.05, 0) is 85.2 Å². The van der Waals surface area contributed by atoms with E-state index in [0.29, 0.717) is 30.1 Å². The number of aryl methyl sites for hydroxylation is 1. The van der Waals surface area contributed by atoms with Crippen molar-refractivity contribution in [2.75, 3.05) is 30.3 Å². The highest BCUT2D eigenvalue weighted by Crippen LogP contribution is 2.48. The van der Waals surface area contributed by atoms with Gasteiger partial charge in [-0.1, -0.05) is 48.0 Å². The van der Waals surface area contributed by atoms with Crippen LogP contribution in [0.5, 0.6) is 6.01 Å². The lowest BCUT2D eigenvalue weighted by Gasteiger charge is -2.19. The molecule has 14 nitrogen and oxygen atoms in total. The second-order valence-corrected chi connectivity index (χ2v) is 13.6. The van der Waals surface area contributed by atoms with E-state index in [-0.39, 0.29) is 36.3 Å². The Labute approximate surface area is 317 Å². The number of carboxylic acids is 1. The zero-order valence-electron chi connectivity index (χ0n) is 29.1. The topological polar surface area (TPSA) is 197 Å². The van der Waals surface area contributed by atoms with Crippen LogP contribution in [0, 0.1) is 0 Å². The number of benzene rings is 3. The molecule has 1 unspecified atom stereocenters. The number of aliphatic carboxylic acids is 1. The third kappa shape index (κ3) is 10.4. The molecule has 0 spiro atoms. The first-order valence-corrected chi connectivity index (χ1v) is 17.7. The summed E-state index contributed by atoms with van der Waals surface area (Å²) in [7, 11) is 0. The molecule has 3 amide bonds. The molecule has 2 aliphatic carbocycles. The van der Waals surface area contributed by atoms with Gasteiger partial charge in [0.05, 0.1) is 5.54 Å². The van der Waals surface area contributed by atoms with Gasteiger partial charge in [-0.15, -0.1) is 0 Å². The maximum Gasteiger partial charge on any atom is 0.422 e. The summed E-state index contributed by atoms with van der Waals surface area (Å²) in [5.41, 5.74) is 3.11. The number of nitrogens with one attached hydrogen (secondary N) is 5. The van der Waals surface area contributed by atoms with E-state index in [1.54, 1.807) is 12.1 Å². The summed E-state index contributed by atoms with van der Waals surface area (Å²) in [5, 5.41) is 23.7. The number of halogens is 4. The molecular weight excluding hydrogens is 745 g/mol. The first kappa shape index (κ1) is 38.7. The number of amides is 3. The number of alkyl halides is 3. The number of aromatic nitrogens is 3. The van der Waals surface area contributed by atoms with Crippen LogP contribution in [-0.4, -0.2) is 75.7 Å². The molecular formula is C37H36ClF3N8O6. The standard InChI is InChI=1S/C37H36ClF3N8O6/c38-25-11-9-24(10-12-25)36(16-17-36)49-34-46-33(47-35(48-34)55-20-37(39,40)41)44-26-13-7-22(8-14-26)29(50)45-28(32(53)54)15-18-42-30(51)31(52)43-19-23-6-5-21-3-1-2-4-27(21)23/h1-4,7-14,23,28H,5-6,15-20H2,(H,42,51)(H,43,52)(H,45,50)(H,53,54)(H2,44,46,47,48,49)/t23?,28-/m0/s1. The normalized spacial score (nSPS) is 15.9. The molecule has 4 aromatic rings. The Hall–Kier alpha value is -5.97. The summed E-state index contributed by atoms with van der Waals surface area (Å²) in [4.78, 5) is 61.9. The minimum Gasteiger partial charge on any atom is -0.480 e. The molecule has 3 aromatic carbocycles. The number of hydrogen-bond donors (Lipinski definition) is 6. The maximum atomic E-state index is 12.9.